The van der Waals surface area contributed by atoms with Crippen molar-refractivity contribution < 1.29 is 9.59 Å². The molecule has 108 valence electrons. The van der Waals surface area contributed by atoms with Crippen LogP contribution in [0.4, 0.5) is 0 Å². The fourth-order valence-corrected chi connectivity index (χ4v) is 3.37. The fourth-order valence-electron chi connectivity index (χ4n) is 2.54. The van der Waals surface area contributed by atoms with E-state index in [9.17, 15) is 9.59 Å². The Morgan fingerprint density at radius 3 is 2.45 bits per heavy atom. The summed E-state index contributed by atoms with van der Waals surface area (Å²) >= 11 is 1.87. The average molecular weight is 292 g/mol. The average Bonchev–Trinajstić information content (AvgIpc) is 2.47. The Hall–Kier alpha value is -1.49. The molecule has 0 saturated heterocycles. The third kappa shape index (κ3) is 3.76. The second kappa shape index (κ2) is 6.79. The Kier molecular flexibility index (Phi) is 5.06. The van der Waals surface area contributed by atoms with E-state index in [1.54, 1.807) is 24.3 Å². The molecule has 2 rings (SSSR count). The van der Waals surface area contributed by atoms with Crippen molar-refractivity contribution in [1.29, 1.82) is 0 Å². The van der Waals surface area contributed by atoms with Gasteiger partial charge >= 0.3 is 0 Å². The van der Waals surface area contributed by atoms with Crippen LogP contribution < -0.4 is 11.1 Å². The molecule has 1 aromatic carbocycles. The van der Waals surface area contributed by atoms with Gasteiger partial charge in [0.25, 0.3) is 5.91 Å². The molecule has 0 radical (unpaired) electrons. The van der Waals surface area contributed by atoms with Crippen molar-refractivity contribution in [1.82, 2.24) is 5.32 Å². The van der Waals surface area contributed by atoms with Crippen molar-refractivity contribution in [3.05, 3.63) is 35.4 Å². The van der Waals surface area contributed by atoms with Gasteiger partial charge in [-0.15, -0.1) is 0 Å². The number of benzene rings is 1. The van der Waals surface area contributed by atoms with Gasteiger partial charge in [0.05, 0.1) is 0 Å². The van der Waals surface area contributed by atoms with Gasteiger partial charge in [-0.25, -0.2) is 0 Å². The van der Waals surface area contributed by atoms with Gasteiger partial charge in [0.1, 0.15) is 0 Å². The lowest BCUT2D eigenvalue weighted by molar-refractivity contribution is 0.0926. The van der Waals surface area contributed by atoms with Gasteiger partial charge in [-0.2, -0.15) is 11.8 Å². The Bertz CT molecular complexity index is 487. The molecule has 0 spiro atoms. The molecule has 0 bridgehead atoms. The van der Waals surface area contributed by atoms with E-state index in [0.29, 0.717) is 16.4 Å². The molecule has 3 N–H and O–H groups in total. The zero-order chi connectivity index (χ0) is 14.5. The molecule has 2 atom stereocenters. The predicted molar refractivity (Wildman–Crippen MR) is 82.0 cm³/mol. The number of amides is 2. The zero-order valence-electron chi connectivity index (χ0n) is 11.6. The molecule has 1 fully saturated rings. The third-order valence-electron chi connectivity index (χ3n) is 3.73. The molecular formula is C15H20N2O2S. The summed E-state index contributed by atoms with van der Waals surface area (Å²) in [5, 5.41) is 3.72. The number of primary amides is 1. The van der Waals surface area contributed by atoms with Gasteiger partial charge in [0.2, 0.25) is 5.91 Å². The predicted octanol–water partition coefficient (Wildman–Crippen LogP) is 2.19. The van der Waals surface area contributed by atoms with Crippen LogP contribution in [0.25, 0.3) is 0 Å². The molecule has 0 aromatic heterocycles. The molecule has 4 nitrogen and oxygen atoms in total. The van der Waals surface area contributed by atoms with Crippen molar-refractivity contribution in [3.63, 3.8) is 0 Å². The molecule has 1 aromatic rings. The van der Waals surface area contributed by atoms with E-state index >= 15 is 0 Å². The Balaban J connectivity index is 1.95. The van der Waals surface area contributed by atoms with Gasteiger partial charge in [-0.05, 0) is 49.8 Å². The summed E-state index contributed by atoms with van der Waals surface area (Å²) in [6, 6.07) is 6.71. The molecule has 0 heterocycles. The van der Waals surface area contributed by atoms with Gasteiger partial charge in [-0.3, -0.25) is 9.59 Å². The topological polar surface area (TPSA) is 72.2 Å². The van der Waals surface area contributed by atoms with E-state index in [4.69, 9.17) is 5.73 Å². The van der Waals surface area contributed by atoms with Crippen LogP contribution in [0.3, 0.4) is 0 Å². The summed E-state index contributed by atoms with van der Waals surface area (Å²) in [5.41, 5.74) is 6.17. The lowest BCUT2D eigenvalue weighted by atomic mass is 9.94. The first-order valence-corrected chi connectivity index (χ1v) is 8.12. The number of carbonyl (C=O) groups excluding carboxylic acids is 2. The fraction of sp³-hybridized carbons (Fsp3) is 0.467. The maximum absolute atomic E-state index is 12.2. The van der Waals surface area contributed by atoms with Crippen LogP contribution in [0.15, 0.2) is 24.3 Å². The molecule has 2 unspecified atom stereocenters. The van der Waals surface area contributed by atoms with Crippen LogP contribution >= 0.6 is 11.8 Å². The second-order valence-electron chi connectivity index (χ2n) is 5.14. The number of hydrogen-bond donors (Lipinski definition) is 2. The first-order valence-electron chi connectivity index (χ1n) is 6.83. The Labute approximate surface area is 123 Å². The minimum Gasteiger partial charge on any atom is -0.366 e. The summed E-state index contributed by atoms with van der Waals surface area (Å²) < 4.78 is 0. The summed E-state index contributed by atoms with van der Waals surface area (Å²) in [6.07, 6.45) is 6.60. The summed E-state index contributed by atoms with van der Waals surface area (Å²) in [4.78, 5) is 23.1. The van der Waals surface area contributed by atoms with Crippen molar-refractivity contribution in [2.75, 3.05) is 6.26 Å². The van der Waals surface area contributed by atoms with E-state index in [0.717, 1.165) is 19.3 Å². The van der Waals surface area contributed by atoms with E-state index in [1.165, 1.54) is 6.42 Å². The van der Waals surface area contributed by atoms with Crippen LogP contribution in [-0.4, -0.2) is 29.4 Å². The van der Waals surface area contributed by atoms with Crippen molar-refractivity contribution in [3.8, 4) is 0 Å². The maximum Gasteiger partial charge on any atom is 0.251 e. The van der Waals surface area contributed by atoms with Gasteiger partial charge in [0.15, 0.2) is 0 Å². The minimum absolute atomic E-state index is 0.0761. The Morgan fingerprint density at radius 2 is 1.85 bits per heavy atom. The van der Waals surface area contributed by atoms with Gasteiger partial charge < -0.3 is 11.1 Å². The maximum atomic E-state index is 12.2. The molecule has 1 saturated carbocycles. The van der Waals surface area contributed by atoms with Crippen LogP contribution in [0, 0.1) is 0 Å². The second-order valence-corrected chi connectivity index (χ2v) is 6.27. The van der Waals surface area contributed by atoms with E-state index < -0.39 is 5.91 Å². The molecular weight excluding hydrogens is 272 g/mol. The molecule has 0 aliphatic heterocycles. The highest BCUT2D eigenvalue weighted by Gasteiger charge is 2.22. The molecule has 20 heavy (non-hydrogen) atoms. The number of thioether (sulfide) groups is 1. The first kappa shape index (κ1) is 14.9. The Morgan fingerprint density at radius 1 is 1.20 bits per heavy atom. The SMILES string of the molecule is CSC1CCCC(NC(=O)c2ccc(C(N)=O)cc2)C1. The standard InChI is InChI=1S/C15H20N2O2S/c1-20-13-4-2-3-12(9-13)17-15(19)11-7-5-10(6-8-11)14(16)18/h5-8,12-13H,2-4,9H2,1H3,(H2,16,18)(H,17,19). The summed E-state index contributed by atoms with van der Waals surface area (Å²) in [5.74, 6) is -0.556. The van der Waals surface area contributed by atoms with Crippen LogP contribution in [0.2, 0.25) is 0 Å². The quantitative estimate of drug-likeness (QED) is 0.893. The molecule has 1 aliphatic carbocycles. The number of hydrogen-bond acceptors (Lipinski definition) is 3. The molecule has 1 aliphatic rings. The highest BCUT2D eigenvalue weighted by molar-refractivity contribution is 7.99. The molecule has 5 heteroatoms. The third-order valence-corrected chi connectivity index (χ3v) is 4.82. The van der Waals surface area contributed by atoms with Crippen molar-refractivity contribution in [2.45, 2.75) is 37.0 Å². The van der Waals surface area contributed by atoms with Crippen molar-refractivity contribution >= 4 is 23.6 Å². The monoisotopic (exact) mass is 292 g/mol. The zero-order valence-corrected chi connectivity index (χ0v) is 12.4. The van der Waals surface area contributed by atoms with Crippen LogP contribution in [-0.2, 0) is 0 Å². The smallest absolute Gasteiger partial charge is 0.251 e. The van der Waals surface area contributed by atoms with E-state index in [1.807, 2.05) is 11.8 Å². The lowest BCUT2D eigenvalue weighted by Crippen LogP contribution is -2.39. The first-order chi connectivity index (χ1) is 9.60. The van der Waals surface area contributed by atoms with Crippen molar-refractivity contribution in [2.24, 2.45) is 5.73 Å². The minimum atomic E-state index is -0.480. The van der Waals surface area contributed by atoms with Gasteiger partial charge in [0, 0.05) is 22.4 Å². The number of nitrogens with one attached hydrogen (secondary N) is 1. The van der Waals surface area contributed by atoms with Crippen LogP contribution in [0.1, 0.15) is 46.4 Å². The number of carbonyl (C=O) groups is 2. The normalized spacial score (nSPS) is 22.2. The number of nitrogens with two attached hydrogens (primary N) is 1. The van der Waals surface area contributed by atoms with E-state index in [2.05, 4.69) is 11.6 Å². The van der Waals surface area contributed by atoms with Crippen LogP contribution in [0.5, 0.6) is 0 Å². The number of rotatable bonds is 4. The summed E-state index contributed by atoms with van der Waals surface area (Å²) in [7, 11) is 0. The highest BCUT2D eigenvalue weighted by Crippen LogP contribution is 2.27. The largest absolute Gasteiger partial charge is 0.366 e. The molecule has 2 amide bonds. The van der Waals surface area contributed by atoms with E-state index in [-0.39, 0.29) is 11.9 Å². The summed E-state index contributed by atoms with van der Waals surface area (Å²) in [6.45, 7) is 0. The highest BCUT2D eigenvalue weighted by atomic mass is 32.2. The lowest BCUT2D eigenvalue weighted by Gasteiger charge is -2.28. The van der Waals surface area contributed by atoms with Gasteiger partial charge in [-0.1, -0.05) is 6.42 Å².